The minimum absolute atomic E-state index is 0.0359. The summed E-state index contributed by atoms with van der Waals surface area (Å²) in [7, 11) is -4.02. The van der Waals surface area contributed by atoms with E-state index in [1.54, 1.807) is 0 Å². The van der Waals surface area contributed by atoms with Crippen LogP contribution in [0.3, 0.4) is 0 Å². The van der Waals surface area contributed by atoms with Gasteiger partial charge in [0.15, 0.2) is 0 Å². The molecule has 1 aromatic heterocycles. The molecule has 0 spiro atoms. The van der Waals surface area contributed by atoms with Crippen molar-refractivity contribution in [3.63, 3.8) is 0 Å². The molecule has 0 bridgehead atoms. The molecule has 0 aliphatic heterocycles. The number of aryl methyl sites for hydroxylation is 1. The molecule has 0 saturated heterocycles. The molecule has 23 heavy (non-hydrogen) atoms. The van der Waals surface area contributed by atoms with E-state index < -0.39 is 21.8 Å². The topological polar surface area (TPSA) is 64.0 Å². The smallest absolute Gasteiger partial charge is 0.280 e. The maximum atomic E-state index is 12.7. The maximum Gasteiger partial charge on any atom is 0.416 e. The standard InChI is InChI=1S/C14H16F3N3O2S/c1-9(2)20-8-13(10(3)18-20)23(21,22)19-12-6-4-5-11(7-12)14(15,16)17/h4-9,19H,1-3H3. The summed E-state index contributed by atoms with van der Waals surface area (Å²) in [5, 5.41) is 4.09. The third-order valence-corrected chi connectivity index (χ3v) is 4.62. The predicted molar refractivity (Wildman–Crippen MR) is 79.6 cm³/mol. The first kappa shape index (κ1) is 17.3. The fraction of sp³-hybridized carbons (Fsp3) is 0.357. The molecule has 5 nitrogen and oxygen atoms in total. The second kappa shape index (κ2) is 5.88. The molecule has 0 saturated carbocycles. The first-order valence-corrected chi connectivity index (χ1v) is 8.25. The lowest BCUT2D eigenvalue weighted by Crippen LogP contribution is -2.14. The van der Waals surface area contributed by atoms with Crippen LogP contribution in [0.1, 0.15) is 31.1 Å². The van der Waals surface area contributed by atoms with E-state index in [9.17, 15) is 21.6 Å². The van der Waals surface area contributed by atoms with Crippen molar-refractivity contribution >= 4 is 15.7 Å². The average molecular weight is 347 g/mol. The van der Waals surface area contributed by atoms with Gasteiger partial charge in [0.25, 0.3) is 10.0 Å². The number of rotatable bonds is 4. The van der Waals surface area contributed by atoms with Gasteiger partial charge in [-0.15, -0.1) is 0 Å². The summed E-state index contributed by atoms with van der Waals surface area (Å²) in [6, 6.07) is 3.99. The van der Waals surface area contributed by atoms with Crippen LogP contribution < -0.4 is 4.72 Å². The van der Waals surface area contributed by atoms with E-state index >= 15 is 0 Å². The van der Waals surface area contributed by atoms with Crippen molar-refractivity contribution in [3.8, 4) is 0 Å². The number of aromatic nitrogens is 2. The average Bonchev–Trinajstić information content (AvgIpc) is 2.81. The number of hydrogen-bond donors (Lipinski definition) is 1. The highest BCUT2D eigenvalue weighted by molar-refractivity contribution is 7.92. The van der Waals surface area contributed by atoms with Crippen molar-refractivity contribution in [2.45, 2.75) is 37.9 Å². The third kappa shape index (κ3) is 3.84. The van der Waals surface area contributed by atoms with Crippen LogP contribution in [0.2, 0.25) is 0 Å². The molecule has 126 valence electrons. The van der Waals surface area contributed by atoms with Gasteiger partial charge in [-0.1, -0.05) is 6.07 Å². The summed E-state index contributed by atoms with van der Waals surface area (Å²) in [6.45, 7) is 5.20. The molecule has 1 N–H and O–H groups in total. The van der Waals surface area contributed by atoms with Crippen LogP contribution in [0.5, 0.6) is 0 Å². The van der Waals surface area contributed by atoms with Crippen molar-refractivity contribution in [2.75, 3.05) is 4.72 Å². The van der Waals surface area contributed by atoms with Gasteiger partial charge in [-0.3, -0.25) is 9.40 Å². The Morgan fingerprint density at radius 3 is 2.43 bits per heavy atom. The zero-order valence-electron chi connectivity index (χ0n) is 12.7. The Bertz CT molecular complexity index is 811. The molecular weight excluding hydrogens is 331 g/mol. The second-order valence-electron chi connectivity index (χ2n) is 5.34. The Labute approximate surface area is 132 Å². The van der Waals surface area contributed by atoms with Crippen LogP contribution in [-0.4, -0.2) is 18.2 Å². The van der Waals surface area contributed by atoms with Gasteiger partial charge in [0.05, 0.1) is 11.3 Å². The molecule has 0 radical (unpaired) electrons. The van der Waals surface area contributed by atoms with Crippen molar-refractivity contribution in [2.24, 2.45) is 0 Å². The van der Waals surface area contributed by atoms with E-state index in [1.165, 1.54) is 23.9 Å². The monoisotopic (exact) mass is 347 g/mol. The van der Waals surface area contributed by atoms with E-state index in [2.05, 4.69) is 9.82 Å². The maximum absolute atomic E-state index is 12.7. The number of sulfonamides is 1. The van der Waals surface area contributed by atoms with Gasteiger partial charge in [-0.25, -0.2) is 8.42 Å². The quantitative estimate of drug-likeness (QED) is 0.919. The van der Waals surface area contributed by atoms with Crippen molar-refractivity contribution < 1.29 is 21.6 Å². The van der Waals surface area contributed by atoms with Crippen LogP contribution in [-0.2, 0) is 16.2 Å². The Morgan fingerprint density at radius 2 is 1.91 bits per heavy atom. The van der Waals surface area contributed by atoms with Gasteiger partial charge in [0.2, 0.25) is 0 Å². The first-order chi connectivity index (χ1) is 10.5. The van der Waals surface area contributed by atoms with E-state index in [1.807, 2.05) is 13.8 Å². The Balaban J connectivity index is 2.36. The number of alkyl halides is 3. The molecule has 0 aliphatic rings. The summed E-state index contributed by atoms with van der Waals surface area (Å²) in [4.78, 5) is -0.0661. The van der Waals surface area contributed by atoms with Crippen LogP contribution in [0.4, 0.5) is 18.9 Å². The van der Waals surface area contributed by atoms with E-state index in [4.69, 9.17) is 0 Å². The van der Waals surface area contributed by atoms with Gasteiger partial charge in [-0.2, -0.15) is 18.3 Å². The van der Waals surface area contributed by atoms with Gasteiger partial charge in [0.1, 0.15) is 4.90 Å². The number of benzene rings is 1. The van der Waals surface area contributed by atoms with E-state index in [0.29, 0.717) is 0 Å². The lowest BCUT2D eigenvalue weighted by atomic mass is 10.2. The number of anilines is 1. The third-order valence-electron chi connectivity index (χ3n) is 3.13. The molecule has 9 heteroatoms. The summed E-state index contributed by atoms with van der Waals surface area (Å²) in [5.41, 5.74) is -0.804. The van der Waals surface area contributed by atoms with Crippen LogP contribution in [0.15, 0.2) is 35.4 Å². The molecule has 1 heterocycles. The summed E-state index contributed by atoms with van der Waals surface area (Å²) >= 11 is 0. The summed E-state index contributed by atoms with van der Waals surface area (Å²) in [6.07, 6.45) is -3.18. The van der Waals surface area contributed by atoms with Crippen LogP contribution in [0.25, 0.3) is 0 Å². The molecule has 2 rings (SSSR count). The lowest BCUT2D eigenvalue weighted by molar-refractivity contribution is -0.137. The Hall–Kier alpha value is -2.03. The summed E-state index contributed by atoms with van der Waals surface area (Å²) in [5.74, 6) is 0. The molecule has 0 aliphatic carbocycles. The minimum Gasteiger partial charge on any atom is -0.280 e. The zero-order chi connectivity index (χ0) is 17.4. The fourth-order valence-electron chi connectivity index (χ4n) is 1.96. The normalized spacial score (nSPS) is 12.7. The number of nitrogens with zero attached hydrogens (tertiary/aromatic N) is 2. The fourth-order valence-corrected chi connectivity index (χ4v) is 3.19. The molecule has 0 unspecified atom stereocenters. The van der Waals surface area contributed by atoms with Crippen LogP contribution >= 0.6 is 0 Å². The van der Waals surface area contributed by atoms with Gasteiger partial charge in [0, 0.05) is 17.9 Å². The molecule has 0 fully saturated rings. The van der Waals surface area contributed by atoms with E-state index in [-0.39, 0.29) is 22.3 Å². The highest BCUT2D eigenvalue weighted by Crippen LogP contribution is 2.31. The van der Waals surface area contributed by atoms with Crippen LogP contribution in [0, 0.1) is 6.92 Å². The number of halogens is 3. The van der Waals surface area contributed by atoms with Gasteiger partial charge in [-0.05, 0) is 39.0 Å². The lowest BCUT2D eigenvalue weighted by Gasteiger charge is -2.10. The highest BCUT2D eigenvalue weighted by Gasteiger charge is 2.31. The second-order valence-corrected chi connectivity index (χ2v) is 6.99. The molecule has 1 aromatic carbocycles. The number of nitrogens with one attached hydrogen (secondary N) is 1. The molecule has 0 atom stereocenters. The molecule has 0 amide bonds. The Morgan fingerprint density at radius 1 is 1.26 bits per heavy atom. The predicted octanol–water partition coefficient (Wildman–Crippen LogP) is 3.59. The largest absolute Gasteiger partial charge is 0.416 e. The molecule has 2 aromatic rings. The van der Waals surface area contributed by atoms with Gasteiger partial charge < -0.3 is 0 Å². The number of hydrogen-bond acceptors (Lipinski definition) is 3. The minimum atomic E-state index is -4.54. The van der Waals surface area contributed by atoms with Crippen molar-refractivity contribution in [1.29, 1.82) is 0 Å². The van der Waals surface area contributed by atoms with E-state index in [0.717, 1.165) is 18.2 Å². The highest BCUT2D eigenvalue weighted by atomic mass is 32.2. The SMILES string of the molecule is Cc1nn(C(C)C)cc1S(=O)(=O)Nc1cccc(C(F)(F)F)c1. The van der Waals surface area contributed by atoms with Crippen molar-refractivity contribution in [1.82, 2.24) is 9.78 Å². The first-order valence-electron chi connectivity index (χ1n) is 6.76. The summed E-state index contributed by atoms with van der Waals surface area (Å²) < 4.78 is 66.5. The van der Waals surface area contributed by atoms with Crippen molar-refractivity contribution in [3.05, 3.63) is 41.7 Å². The zero-order valence-corrected chi connectivity index (χ0v) is 13.5. The molecular formula is C14H16F3N3O2S. The van der Waals surface area contributed by atoms with Gasteiger partial charge >= 0.3 is 6.18 Å². The Kier molecular flexibility index (Phi) is 4.43.